The Morgan fingerprint density at radius 1 is 1.40 bits per heavy atom. The lowest BCUT2D eigenvalue weighted by atomic mass is 10.4. The van der Waals surface area contributed by atoms with Gasteiger partial charge in [-0.15, -0.1) is 0 Å². The third-order valence-electron chi connectivity index (χ3n) is 1.96. The lowest BCUT2D eigenvalue weighted by Gasteiger charge is -2.13. The minimum Gasteiger partial charge on any atom is -0.369 e. The molecule has 1 unspecified atom stereocenters. The number of rotatable bonds is 4. The van der Waals surface area contributed by atoms with E-state index in [0.717, 1.165) is 0 Å². The van der Waals surface area contributed by atoms with Gasteiger partial charge in [0.15, 0.2) is 0 Å². The number of hydrogen-bond acceptors (Lipinski definition) is 3. The Kier molecular flexibility index (Phi) is 3.65. The van der Waals surface area contributed by atoms with Gasteiger partial charge in [-0.05, 0) is 0 Å². The molecule has 0 aliphatic rings. The Balaban J connectivity index is 3.08. The second-order valence-electron chi connectivity index (χ2n) is 3.17. The first-order valence-corrected chi connectivity index (χ1v) is 6.45. The molecule has 0 aliphatic heterocycles. The molecule has 4 nitrogen and oxygen atoms in total. The number of nitriles is 1. The molecule has 0 aromatic heterocycles. The van der Waals surface area contributed by atoms with E-state index < -0.39 is 13.0 Å². The normalized spacial score (nSPS) is 13.8. The number of nitrogens with two attached hydrogens (primary N) is 1. The quantitative estimate of drug-likeness (QED) is 0.760. The van der Waals surface area contributed by atoms with Gasteiger partial charge >= 0.3 is 0 Å². The monoisotopic (exact) mass is 222 g/mol. The summed E-state index contributed by atoms with van der Waals surface area (Å²) < 4.78 is 12.3. The molecule has 1 amide bonds. The highest BCUT2D eigenvalue weighted by Gasteiger charge is 2.26. The van der Waals surface area contributed by atoms with Gasteiger partial charge in [-0.25, -0.2) is 0 Å². The summed E-state index contributed by atoms with van der Waals surface area (Å²) in [5.41, 5.74) is 5.03. The maximum Gasteiger partial charge on any atom is 0.225 e. The Morgan fingerprint density at radius 2 is 2.00 bits per heavy atom. The van der Waals surface area contributed by atoms with Crippen molar-refractivity contribution in [1.82, 2.24) is 0 Å². The van der Waals surface area contributed by atoms with E-state index in [9.17, 15) is 9.36 Å². The van der Waals surface area contributed by atoms with Crippen molar-refractivity contribution in [3.05, 3.63) is 30.3 Å². The summed E-state index contributed by atoms with van der Waals surface area (Å²) >= 11 is 0. The van der Waals surface area contributed by atoms with Crippen LogP contribution in [-0.4, -0.2) is 18.2 Å². The van der Waals surface area contributed by atoms with Gasteiger partial charge in [-0.2, -0.15) is 5.26 Å². The van der Waals surface area contributed by atoms with E-state index in [2.05, 4.69) is 0 Å². The molecular weight excluding hydrogens is 211 g/mol. The average molecular weight is 222 g/mol. The predicted octanol–water partition coefficient (Wildman–Crippen LogP) is 0.684. The van der Waals surface area contributed by atoms with Crippen LogP contribution in [0.15, 0.2) is 30.3 Å². The van der Waals surface area contributed by atoms with Crippen LogP contribution in [0.1, 0.15) is 0 Å². The lowest BCUT2D eigenvalue weighted by Crippen LogP contribution is -2.21. The van der Waals surface area contributed by atoms with Crippen LogP contribution >= 0.6 is 7.14 Å². The van der Waals surface area contributed by atoms with Gasteiger partial charge in [0.05, 0.1) is 18.4 Å². The Morgan fingerprint density at radius 3 is 2.47 bits per heavy atom. The van der Waals surface area contributed by atoms with E-state index in [1.807, 2.05) is 6.07 Å². The van der Waals surface area contributed by atoms with Crippen LogP contribution in [0.25, 0.3) is 0 Å². The van der Waals surface area contributed by atoms with Gasteiger partial charge in [-0.1, -0.05) is 30.3 Å². The summed E-state index contributed by atoms with van der Waals surface area (Å²) in [7, 11) is -2.96. The van der Waals surface area contributed by atoms with E-state index in [1.165, 1.54) is 0 Å². The lowest BCUT2D eigenvalue weighted by molar-refractivity contribution is -0.115. The maximum absolute atomic E-state index is 12.3. The minimum atomic E-state index is -2.96. The van der Waals surface area contributed by atoms with E-state index in [0.29, 0.717) is 5.30 Å². The SMILES string of the molecule is N#CCP(=O)(CC(N)=O)c1ccccc1. The van der Waals surface area contributed by atoms with Crippen molar-refractivity contribution in [2.24, 2.45) is 5.73 Å². The molecule has 1 atom stereocenters. The number of carbonyl (C=O) groups is 1. The third kappa shape index (κ3) is 2.93. The predicted molar refractivity (Wildman–Crippen MR) is 58.2 cm³/mol. The Hall–Kier alpha value is -1.59. The Bertz CT molecular complexity index is 436. The molecule has 0 radical (unpaired) electrons. The van der Waals surface area contributed by atoms with Crippen molar-refractivity contribution < 1.29 is 9.36 Å². The first-order chi connectivity index (χ1) is 7.08. The van der Waals surface area contributed by atoms with Gasteiger partial charge in [-0.3, -0.25) is 4.79 Å². The van der Waals surface area contributed by atoms with Crippen molar-refractivity contribution in [3.63, 3.8) is 0 Å². The van der Waals surface area contributed by atoms with Gasteiger partial charge in [0.25, 0.3) is 0 Å². The fourth-order valence-corrected chi connectivity index (χ4v) is 3.23. The number of primary amides is 1. The zero-order chi connectivity index (χ0) is 11.3. The largest absolute Gasteiger partial charge is 0.369 e. The molecule has 15 heavy (non-hydrogen) atoms. The number of hydrogen-bond donors (Lipinski definition) is 1. The summed E-state index contributed by atoms with van der Waals surface area (Å²) in [6.07, 6.45) is -0.398. The zero-order valence-electron chi connectivity index (χ0n) is 8.09. The summed E-state index contributed by atoms with van der Waals surface area (Å²) in [4.78, 5) is 10.8. The average Bonchev–Trinajstić information content (AvgIpc) is 2.18. The fraction of sp³-hybridized carbons (Fsp3) is 0.200. The van der Waals surface area contributed by atoms with Gasteiger partial charge < -0.3 is 10.3 Å². The fourth-order valence-electron chi connectivity index (χ4n) is 1.30. The summed E-state index contributed by atoms with van der Waals surface area (Å²) in [5.74, 6) is -0.641. The van der Waals surface area contributed by atoms with Crippen LogP contribution in [0, 0.1) is 11.3 Å². The van der Waals surface area contributed by atoms with E-state index in [-0.39, 0.29) is 12.3 Å². The van der Waals surface area contributed by atoms with Crippen molar-refractivity contribution in [1.29, 1.82) is 5.26 Å². The number of benzene rings is 1. The molecule has 0 saturated carbocycles. The van der Waals surface area contributed by atoms with Crippen LogP contribution in [0.3, 0.4) is 0 Å². The van der Waals surface area contributed by atoms with Crippen LogP contribution in [0.4, 0.5) is 0 Å². The zero-order valence-corrected chi connectivity index (χ0v) is 8.98. The highest BCUT2D eigenvalue weighted by Crippen LogP contribution is 2.43. The molecule has 1 rings (SSSR count). The van der Waals surface area contributed by atoms with Crippen LogP contribution in [0.2, 0.25) is 0 Å². The van der Waals surface area contributed by atoms with Crippen molar-refractivity contribution in [2.75, 3.05) is 12.3 Å². The topological polar surface area (TPSA) is 83.9 Å². The van der Waals surface area contributed by atoms with Crippen LogP contribution < -0.4 is 11.0 Å². The molecule has 78 valence electrons. The first kappa shape index (κ1) is 11.5. The summed E-state index contributed by atoms with van der Waals surface area (Å²) in [6.45, 7) is 0. The maximum atomic E-state index is 12.3. The smallest absolute Gasteiger partial charge is 0.225 e. The highest BCUT2D eigenvalue weighted by molar-refractivity contribution is 7.72. The van der Waals surface area contributed by atoms with Crippen LogP contribution in [-0.2, 0) is 9.36 Å². The molecule has 0 spiro atoms. The molecule has 0 aliphatic carbocycles. The number of amides is 1. The third-order valence-corrected chi connectivity index (χ3v) is 4.68. The van der Waals surface area contributed by atoms with E-state index in [4.69, 9.17) is 11.0 Å². The molecule has 0 saturated heterocycles. The summed E-state index contributed by atoms with van der Waals surface area (Å²) in [5, 5.41) is 9.13. The second kappa shape index (κ2) is 4.77. The molecular formula is C10H11N2O2P. The van der Waals surface area contributed by atoms with Crippen molar-refractivity contribution >= 4 is 18.4 Å². The van der Waals surface area contributed by atoms with Gasteiger partial charge in [0, 0.05) is 5.30 Å². The van der Waals surface area contributed by atoms with Crippen LogP contribution in [0.5, 0.6) is 0 Å². The minimum absolute atomic E-state index is 0.153. The molecule has 1 aromatic rings. The van der Waals surface area contributed by atoms with Crippen molar-refractivity contribution in [3.8, 4) is 6.07 Å². The van der Waals surface area contributed by atoms with Gasteiger partial charge in [0.2, 0.25) is 5.91 Å². The van der Waals surface area contributed by atoms with Crippen molar-refractivity contribution in [2.45, 2.75) is 0 Å². The standard InChI is InChI=1S/C10H11N2O2P/c11-6-7-15(14,8-10(12)13)9-4-2-1-3-5-9/h1-5H,7-8H2,(H2,12,13). The number of carbonyl (C=O) groups excluding carboxylic acids is 1. The molecule has 5 heteroatoms. The second-order valence-corrected chi connectivity index (χ2v) is 6.09. The number of nitrogens with zero attached hydrogens (tertiary/aromatic N) is 1. The highest BCUT2D eigenvalue weighted by atomic mass is 31.2. The first-order valence-electron chi connectivity index (χ1n) is 4.37. The summed E-state index contributed by atoms with van der Waals surface area (Å²) in [6, 6.07) is 10.4. The molecule has 0 fully saturated rings. The molecule has 1 aromatic carbocycles. The molecule has 0 heterocycles. The van der Waals surface area contributed by atoms with E-state index in [1.54, 1.807) is 30.3 Å². The molecule has 2 N–H and O–H groups in total. The Labute approximate surface area is 88.1 Å². The van der Waals surface area contributed by atoms with Gasteiger partial charge in [0.1, 0.15) is 7.14 Å². The molecule has 0 bridgehead atoms. The van der Waals surface area contributed by atoms with E-state index >= 15 is 0 Å².